The number of nitrogen functional groups attached to an aromatic ring is 1. The molecule has 4 aromatic rings. The molecule has 0 bridgehead atoms. The summed E-state index contributed by atoms with van der Waals surface area (Å²) in [5, 5.41) is 9.72. The predicted octanol–water partition coefficient (Wildman–Crippen LogP) is 5.61. The van der Waals surface area contributed by atoms with Crippen molar-refractivity contribution >= 4 is 17.4 Å². The highest BCUT2D eigenvalue weighted by molar-refractivity contribution is 7.99. The average Bonchev–Trinajstić information content (AvgIpc) is 3.14. The molecule has 0 fully saturated rings. The van der Waals surface area contributed by atoms with Gasteiger partial charge in [-0.05, 0) is 60.3 Å². The first kappa shape index (κ1) is 17.0. The molecule has 0 spiro atoms. The Bertz CT molecular complexity index is 1100. The summed E-state index contributed by atoms with van der Waals surface area (Å²) in [5.74, 6) is 0.563. The van der Waals surface area contributed by atoms with E-state index in [4.69, 9.17) is 20.4 Å². The fourth-order valence-electron chi connectivity index (χ4n) is 2.61. The monoisotopic (exact) mass is 369 g/mol. The first-order valence-corrected chi connectivity index (χ1v) is 9.15. The number of nitrogens with two attached hydrogens (primary N) is 1. The molecule has 0 aliphatic carbocycles. The molecule has 2 N–H and O–H groups in total. The SMILES string of the molecule is N#Cc1ccc(-c2nc(-c3ccccc3)oc2Sc2ccc(N)cc2)cc1. The third-order valence-electron chi connectivity index (χ3n) is 3.99. The van der Waals surface area contributed by atoms with E-state index in [2.05, 4.69) is 6.07 Å². The molecule has 0 radical (unpaired) electrons. The molecule has 0 saturated carbocycles. The minimum atomic E-state index is 0.563. The van der Waals surface area contributed by atoms with Crippen LogP contribution in [0.4, 0.5) is 5.69 Å². The second-order valence-electron chi connectivity index (χ2n) is 5.88. The molecule has 4 rings (SSSR count). The zero-order valence-electron chi connectivity index (χ0n) is 14.3. The molecule has 0 aliphatic heterocycles. The summed E-state index contributed by atoms with van der Waals surface area (Å²) >= 11 is 1.49. The van der Waals surface area contributed by atoms with Gasteiger partial charge in [0.15, 0.2) is 5.09 Å². The largest absolute Gasteiger partial charge is 0.429 e. The molecule has 130 valence electrons. The highest BCUT2D eigenvalue weighted by atomic mass is 32.2. The van der Waals surface area contributed by atoms with Gasteiger partial charge in [-0.3, -0.25) is 0 Å². The lowest BCUT2D eigenvalue weighted by Crippen LogP contribution is -1.84. The van der Waals surface area contributed by atoms with Crippen molar-refractivity contribution < 1.29 is 4.42 Å². The van der Waals surface area contributed by atoms with Crippen molar-refractivity contribution in [3.05, 3.63) is 84.4 Å². The van der Waals surface area contributed by atoms with Crippen LogP contribution in [0.2, 0.25) is 0 Å². The van der Waals surface area contributed by atoms with Crippen LogP contribution in [-0.4, -0.2) is 4.98 Å². The van der Waals surface area contributed by atoms with E-state index in [1.54, 1.807) is 12.1 Å². The molecule has 1 heterocycles. The highest BCUT2D eigenvalue weighted by Crippen LogP contribution is 2.39. The summed E-state index contributed by atoms with van der Waals surface area (Å²) in [6, 6.07) is 26.9. The first-order valence-electron chi connectivity index (χ1n) is 8.33. The van der Waals surface area contributed by atoms with E-state index in [0.717, 1.165) is 21.7 Å². The Kier molecular flexibility index (Phi) is 4.65. The number of anilines is 1. The number of nitriles is 1. The zero-order chi connectivity index (χ0) is 18.6. The maximum atomic E-state index is 9.03. The van der Waals surface area contributed by atoms with E-state index >= 15 is 0 Å². The van der Waals surface area contributed by atoms with Gasteiger partial charge in [-0.1, -0.05) is 30.3 Å². The summed E-state index contributed by atoms with van der Waals surface area (Å²) in [6.45, 7) is 0. The normalized spacial score (nSPS) is 10.5. The number of hydrogen-bond acceptors (Lipinski definition) is 5. The first-order chi connectivity index (χ1) is 13.2. The van der Waals surface area contributed by atoms with Crippen molar-refractivity contribution in [3.8, 4) is 28.8 Å². The molecule has 0 saturated heterocycles. The summed E-state index contributed by atoms with van der Waals surface area (Å²) in [7, 11) is 0. The van der Waals surface area contributed by atoms with Gasteiger partial charge in [-0.15, -0.1) is 0 Å². The number of rotatable bonds is 4. The lowest BCUT2D eigenvalue weighted by Gasteiger charge is -2.02. The van der Waals surface area contributed by atoms with Gasteiger partial charge in [0.1, 0.15) is 5.69 Å². The lowest BCUT2D eigenvalue weighted by atomic mass is 10.1. The quantitative estimate of drug-likeness (QED) is 0.473. The van der Waals surface area contributed by atoms with Gasteiger partial charge in [0.25, 0.3) is 0 Å². The molecule has 4 nitrogen and oxygen atoms in total. The van der Waals surface area contributed by atoms with Gasteiger partial charge in [-0.2, -0.15) is 5.26 Å². The van der Waals surface area contributed by atoms with Crippen LogP contribution in [-0.2, 0) is 0 Å². The maximum absolute atomic E-state index is 9.03. The van der Waals surface area contributed by atoms with Crippen LogP contribution in [0, 0.1) is 11.3 Å². The number of benzene rings is 3. The van der Waals surface area contributed by atoms with Gasteiger partial charge in [0.2, 0.25) is 5.89 Å². The maximum Gasteiger partial charge on any atom is 0.228 e. The van der Waals surface area contributed by atoms with Gasteiger partial charge < -0.3 is 10.2 Å². The number of hydrogen-bond donors (Lipinski definition) is 1. The number of aromatic nitrogens is 1. The summed E-state index contributed by atoms with van der Waals surface area (Å²) in [4.78, 5) is 5.73. The molecule has 3 aromatic carbocycles. The molecule has 0 unspecified atom stereocenters. The van der Waals surface area contributed by atoms with E-state index in [0.29, 0.717) is 22.2 Å². The van der Waals surface area contributed by atoms with E-state index in [9.17, 15) is 0 Å². The van der Waals surface area contributed by atoms with E-state index in [1.165, 1.54) is 11.8 Å². The van der Waals surface area contributed by atoms with Crippen LogP contribution < -0.4 is 5.73 Å². The van der Waals surface area contributed by atoms with Gasteiger partial charge in [0.05, 0.1) is 11.6 Å². The Labute approximate surface area is 161 Å². The van der Waals surface area contributed by atoms with Crippen molar-refractivity contribution in [2.45, 2.75) is 9.99 Å². The minimum Gasteiger partial charge on any atom is -0.429 e. The minimum absolute atomic E-state index is 0.563. The Balaban J connectivity index is 1.78. The fourth-order valence-corrected chi connectivity index (χ4v) is 3.47. The molecular formula is C22H15N3OS. The van der Waals surface area contributed by atoms with Crippen LogP contribution >= 0.6 is 11.8 Å². The third kappa shape index (κ3) is 3.71. The van der Waals surface area contributed by atoms with E-state index < -0.39 is 0 Å². The predicted molar refractivity (Wildman–Crippen MR) is 107 cm³/mol. The molecular weight excluding hydrogens is 354 g/mol. The van der Waals surface area contributed by atoms with E-state index in [-0.39, 0.29) is 0 Å². The number of oxazole rings is 1. The summed E-state index contributed by atoms with van der Waals surface area (Å²) < 4.78 is 6.10. The van der Waals surface area contributed by atoms with Crippen molar-refractivity contribution in [1.82, 2.24) is 4.98 Å². The van der Waals surface area contributed by atoms with Crippen molar-refractivity contribution in [3.63, 3.8) is 0 Å². The topological polar surface area (TPSA) is 75.8 Å². The summed E-state index contributed by atoms with van der Waals surface area (Å²) in [6.07, 6.45) is 0. The molecule has 0 atom stereocenters. The number of nitrogens with zero attached hydrogens (tertiary/aromatic N) is 2. The lowest BCUT2D eigenvalue weighted by molar-refractivity contribution is 0.486. The Morgan fingerprint density at radius 3 is 2.22 bits per heavy atom. The van der Waals surface area contributed by atoms with Crippen LogP contribution in [0.3, 0.4) is 0 Å². The van der Waals surface area contributed by atoms with Crippen LogP contribution in [0.1, 0.15) is 5.56 Å². The molecule has 5 heteroatoms. The molecule has 0 aliphatic rings. The third-order valence-corrected chi connectivity index (χ3v) is 4.96. The summed E-state index contributed by atoms with van der Waals surface area (Å²) in [5.41, 5.74) is 9.67. The van der Waals surface area contributed by atoms with Crippen molar-refractivity contribution in [1.29, 1.82) is 5.26 Å². The fraction of sp³-hybridized carbons (Fsp3) is 0. The molecule has 1 aromatic heterocycles. The van der Waals surface area contributed by atoms with E-state index in [1.807, 2.05) is 66.7 Å². The molecule has 27 heavy (non-hydrogen) atoms. The second-order valence-corrected chi connectivity index (χ2v) is 6.93. The van der Waals surface area contributed by atoms with Crippen LogP contribution in [0.15, 0.2) is 93.3 Å². The zero-order valence-corrected chi connectivity index (χ0v) is 15.1. The van der Waals surface area contributed by atoms with Gasteiger partial charge in [0, 0.05) is 21.7 Å². The van der Waals surface area contributed by atoms with Crippen molar-refractivity contribution in [2.75, 3.05) is 5.73 Å². The second kappa shape index (κ2) is 7.40. The smallest absolute Gasteiger partial charge is 0.228 e. The Hall–Kier alpha value is -3.49. The standard InChI is InChI=1S/C22H15N3OS/c23-14-15-6-8-16(9-7-15)20-22(27-19-12-10-18(24)11-13-19)26-21(25-20)17-4-2-1-3-5-17/h1-13H,24H2. The van der Waals surface area contributed by atoms with Gasteiger partial charge in [-0.25, -0.2) is 4.98 Å². The Morgan fingerprint density at radius 1 is 0.852 bits per heavy atom. The van der Waals surface area contributed by atoms with Crippen LogP contribution in [0.5, 0.6) is 0 Å². The Morgan fingerprint density at radius 2 is 1.56 bits per heavy atom. The molecule has 0 amide bonds. The van der Waals surface area contributed by atoms with Crippen LogP contribution in [0.25, 0.3) is 22.7 Å². The van der Waals surface area contributed by atoms with Gasteiger partial charge >= 0.3 is 0 Å². The van der Waals surface area contributed by atoms with Crippen molar-refractivity contribution in [2.24, 2.45) is 0 Å². The highest BCUT2D eigenvalue weighted by Gasteiger charge is 2.17. The average molecular weight is 369 g/mol.